The zero-order chi connectivity index (χ0) is 14.0. The van der Waals surface area contributed by atoms with Crippen molar-refractivity contribution in [1.82, 2.24) is 0 Å². The summed E-state index contributed by atoms with van der Waals surface area (Å²) < 4.78 is 0. The van der Waals surface area contributed by atoms with Crippen molar-refractivity contribution in [2.75, 3.05) is 0 Å². The number of rotatable bonds is 9. The van der Waals surface area contributed by atoms with E-state index in [-0.39, 0.29) is 12.3 Å². The molecule has 0 aromatic rings. The lowest BCUT2D eigenvalue weighted by Crippen LogP contribution is -2.23. The molecule has 2 N–H and O–H groups in total. The number of unbranched alkanes of at least 4 members (excludes halogenated alkanes) is 1. The van der Waals surface area contributed by atoms with Gasteiger partial charge in [0.25, 0.3) is 0 Å². The molecule has 0 aliphatic carbocycles. The van der Waals surface area contributed by atoms with E-state index in [1.54, 1.807) is 13.0 Å². The summed E-state index contributed by atoms with van der Waals surface area (Å²) in [6.07, 6.45) is 10.3. The van der Waals surface area contributed by atoms with Crippen LogP contribution in [0, 0.1) is 11.8 Å². The maximum absolute atomic E-state index is 10.9. The molecule has 0 aromatic carbocycles. The van der Waals surface area contributed by atoms with Crippen LogP contribution in [0.2, 0.25) is 0 Å². The SMILES string of the molecule is CCC=CCCC=CC(C)C(CC(=O)O)C(=O)O. The van der Waals surface area contributed by atoms with Gasteiger partial charge in [-0.3, -0.25) is 9.59 Å². The molecule has 0 rings (SSSR count). The van der Waals surface area contributed by atoms with Gasteiger partial charge in [-0.05, 0) is 25.2 Å². The van der Waals surface area contributed by atoms with E-state index >= 15 is 0 Å². The largest absolute Gasteiger partial charge is 0.481 e. The zero-order valence-corrected chi connectivity index (χ0v) is 11.0. The highest BCUT2D eigenvalue weighted by molar-refractivity contribution is 5.78. The Morgan fingerprint density at radius 1 is 1.11 bits per heavy atom. The first-order valence-electron chi connectivity index (χ1n) is 6.25. The van der Waals surface area contributed by atoms with Crippen LogP contribution in [0.5, 0.6) is 0 Å². The Labute approximate surface area is 108 Å². The third-order valence-electron chi connectivity index (χ3n) is 2.69. The molecule has 102 valence electrons. The maximum Gasteiger partial charge on any atom is 0.307 e. The number of carbonyl (C=O) groups is 2. The lowest BCUT2D eigenvalue weighted by molar-refractivity contribution is -0.149. The van der Waals surface area contributed by atoms with Crippen LogP contribution in [0.1, 0.15) is 39.5 Å². The van der Waals surface area contributed by atoms with Crippen LogP contribution in [0.4, 0.5) is 0 Å². The number of hydrogen-bond donors (Lipinski definition) is 2. The molecule has 0 aliphatic rings. The maximum atomic E-state index is 10.9. The Morgan fingerprint density at radius 3 is 2.22 bits per heavy atom. The van der Waals surface area contributed by atoms with E-state index in [1.165, 1.54) is 0 Å². The highest BCUT2D eigenvalue weighted by atomic mass is 16.4. The van der Waals surface area contributed by atoms with Crippen LogP contribution < -0.4 is 0 Å². The van der Waals surface area contributed by atoms with Crippen LogP contribution in [-0.2, 0) is 9.59 Å². The number of aliphatic carboxylic acids is 2. The average molecular weight is 254 g/mol. The monoisotopic (exact) mass is 254 g/mol. The highest BCUT2D eigenvalue weighted by Crippen LogP contribution is 2.18. The predicted octanol–water partition coefficient (Wildman–Crippen LogP) is 3.10. The Morgan fingerprint density at radius 2 is 1.72 bits per heavy atom. The van der Waals surface area contributed by atoms with Gasteiger partial charge in [-0.15, -0.1) is 0 Å². The van der Waals surface area contributed by atoms with Crippen LogP contribution in [0.15, 0.2) is 24.3 Å². The smallest absolute Gasteiger partial charge is 0.307 e. The standard InChI is InChI=1S/C14H22O4/c1-3-4-5-6-7-8-9-11(2)12(14(17)18)10-13(15)16/h4-5,8-9,11-12H,3,6-7,10H2,1-2H3,(H,15,16)(H,17,18). The lowest BCUT2D eigenvalue weighted by atomic mass is 9.90. The summed E-state index contributed by atoms with van der Waals surface area (Å²) in [4.78, 5) is 21.5. The molecule has 2 atom stereocenters. The first kappa shape index (κ1) is 16.4. The summed E-state index contributed by atoms with van der Waals surface area (Å²) in [5.74, 6) is -3.26. The summed E-state index contributed by atoms with van der Waals surface area (Å²) in [5, 5.41) is 17.6. The number of hydrogen-bond acceptors (Lipinski definition) is 2. The van der Waals surface area contributed by atoms with Gasteiger partial charge in [-0.25, -0.2) is 0 Å². The fourth-order valence-electron chi connectivity index (χ4n) is 1.61. The fourth-order valence-corrected chi connectivity index (χ4v) is 1.61. The molecule has 2 unspecified atom stereocenters. The quantitative estimate of drug-likeness (QED) is 0.489. The molecule has 4 nitrogen and oxygen atoms in total. The van der Waals surface area contributed by atoms with Crippen LogP contribution >= 0.6 is 0 Å². The Hall–Kier alpha value is -1.58. The van der Waals surface area contributed by atoms with Crippen molar-refractivity contribution < 1.29 is 19.8 Å². The van der Waals surface area contributed by atoms with Gasteiger partial charge in [0.2, 0.25) is 0 Å². The van der Waals surface area contributed by atoms with E-state index in [9.17, 15) is 9.59 Å². The second-order valence-electron chi connectivity index (χ2n) is 4.29. The van der Waals surface area contributed by atoms with Gasteiger partial charge in [0.15, 0.2) is 0 Å². The second-order valence-corrected chi connectivity index (χ2v) is 4.29. The molecule has 0 amide bonds. The van der Waals surface area contributed by atoms with E-state index < -0.39 is 17.9 Å². The van der Waals surface area contributed by atoms with Gasteiger partial charge in [0, 0.05) is 0 Å². The minimum atomic E-state index is -1.08. The lowest BCUT2D eigenvalue weighted by Gasteiger charge is -2.14. The van der Waals surface area contributed by atoms with Crippen LogP contribution in [0.25, 0.3) is 0 Å². The van der Waals surface area contributed by atoms with Gasteiger partial charge in [0.05, 0.1) is 12.3 Å². The van der Waals surface area contributed by atoms with Crippen molar-refractivity contribution in [2.45, 2.75) is 39.5 Å². The van der Waals surface area contributed by atoms with Gasteiger partial charge < -0.3 is 10.2 Å². The summed E-state index contributed by atoms with van der Waals surface area (Å²) in [7, 11) is 0. The van der Waals surface area contributed by atoms with Gasteiger partial charge in [-0.2, -0.15) is 0 Å². The van der Waals surface area contributed by atoms with E-state index in [1.807, 2.05) is 6.08 Å². The van der Waals surface area contributed by atoms with Gasteiger partial charge >= 0.3 is 11.9 Å². The molecule has 0 radical (unpaired) electrons. The van der Waals surface area contributed by atoms with E-state index in [2.05, 4.69) is 19.1 Å². The molecule has 0 aromatic heterocycles. The molecule has 0 aliphatic heterocycles. The van der Waals surface area contributed by atoms with Crippen molar-refractivity contribution in [3.63, 3.8) is 0 Å². The molecule has 4 heteroatoms. The number of carboxylic acid groups (broad SMARTS) is 2. The Bertz CT molecular complexity index is 318. The van der Waals surface area contributed by atoms with Gasteiger partial charge in [-0.1, -0.05) is 38.2 Å². The summed E-state index contributed by atoms with van der Waals surface area (Å²) in [6.45, 7) is 3.80. The third-order valence-corrected chi connectivity index (χ3v) is 2.69. The van der Waals surface area contributed by atoms with Crippen LogP contribution in [-0.4, -0.2) is 22.2 Å². The zero-order valence-electron chi connectivity index (χ0n) is 11.0. The van der Waals surface area contributed by atoms with Gasteiger partial charge in [0.1, 0.15) is 0 Å². The summed E-state index contributed by atoms with van der Waals surface area (Å²) in [6, 6.07) is 0. The van der Waals surface area contributed by atoms with Crippen molar-refractivity contribution in [3.05, 3.63) is 24.3 Å². The van der Waals surface area contributed by atoms with E-state index in [0.717, 1.165) is 19.3 Å². The minimum absolute atomic E-state index is 0.270. The van der Waals surface area contributed by atoms with E-state index in [0.29, 0.717) is 0 Å². The van der Waals surface area contributed by atoms with Crippen LogP contribution in [0.3, 0.4) is 0 Å². The first-order valence-corrected chi connectivity index (χ1v) is 6.25. The molecule has 18 heavy (non-hydrogen) atoms. The summed E-state index contributed by atoms with van der Waals surface area (Å²) >= 11 is 0. The van der Waals surface area contributed by atoms with Crippen molar-refractivity contribution >= 4 is 11.9 Å². The fraction of sp³-hybridized carbons (Fsp3) is 0.571. The predicted molar refractivity (Wildman–Crippen MR) is 70.3 cm³/mol. The molecule has 0 fully saturated rings. The molecular formula is C14H22O4. The van der Waals surface area contributed by atoms with Crippen molar-refractivity contribution in [1.29, 1.82) is 0 Å². The Balaban J connectivity index is 4.20. The van der Waals surface area contributed by atoms with E-state index in [4.69, 9.17) is 10.2 Å². The average Bonchev–Trinajstić information content (AvgIpc) is 2.29. The summed E-state index contributed by atoms with van der Waals surface area (Å²) in [5.41, 5.74) is 0. The second kappa shape index (κ2) is 9.45. The van der Waals surface area contributed by atoms with Crippen molar-refractivity contribution in [2.24, 2.45) is 11.8 Å². The minimum Gasteiger partial charge on any atom is -0.481 e. The van der Waals surface area contributed by atoms with Crippen molar-refractivity contribution in [3.8, 4) is 0 Å². The number of allylic oxidation sites excluding steroid dienone is 4. The Kier molecular flexibility index (Phi) is 8.62. The highest BCUT2D eigenvalue weighted by Gasteiger charge is 2.25. The normalized spacial score (nSPS) is 15.0. The molecule has 0 bridgehead atoms. The number of carboxylic acids is 2. The molecule has 0 spiro atoms. The third kappa shape index (κ3) is 7.65. The molecule has 0 saturated heterocycles. The molecule has 0 saturated carbocycles. The molecule has 0 heterocycles. The topological polar surface area (TPSA) is 74.6 Å². The molecular weight excluding hydrogens is 232 g/mol. The first-order chi connectivity index (χ1) is 8.49.